The van der Waals surface area contributed by atoms with E-state index in [1.165, 1.54) is 5.56 Å². The molecule has 0 aliphatic rings. The highest BCUT2D eigenvalue weighted by atomic mass is 79.9. The zero-order valence-corrected chi connectivity index (χ0v) is 14.6. The maximum Gasteiger partial charge on any atom is 0.150 e. The van der Waals surface area contributed by atoms with E-state index in [4.69, 9.17) is 0 Å². The number of benzene rings is 1. The summed E-state index contributed by atoms with van der Waals surface area (Å²) in [4.78, 5) is 0. The van der Waals surface area contributed by atoms with Crippen molar-refractivity contribution in [3.63, 3.8) is 0 Å². The Labute approximate surface area is 131 Å². The predicted molar refractivity (Wildman–Crippen MR) is 88.8 cm³/mol. The Morgan fingerprint density at radius 1 is 1.30 bits per heavy atom. The van der Waals surface area contributed by atoms with Crippen LogP contribution in [0.3, 0.4) is 0 Å². The molecule has 1 aromatic rings. The molecule has 1 aromatic carbocycles. The summed E-state index contributed by atoms with van der Waals surface area (Å²) >= 11 is 3.48. The molecule has 1 atom stereocenters. The topological polar surface area (TPSA) is 46.2 Å². The first kappa shape index (κ1) is 17.7. The summed E-state index contributed by atoms with van der Waals surface area (Å²) < 4.78 is 24.4. The molecular formula is C15H24BrNO2S. The van der Waals surface area contributed by atoms with Crippen LogP contribution < -0.4 is 5.32 Å². The van der Waals surface area contributed by atoms with Gasteiger partial charge < -0.3 is 5.32 Å². The second kappa shape index (κ2) is 8.80. The first-order chi connectivity index (χ1) is 9.46. The average molecular weight is 362 g/mol. The lowest BCUT2D eigenvalue weighted by Crippen LogP contribution is -2.26. The van der Waals surface area contributed by atoms with Gasteiger partial charge in [-0.05, 0) is 49.5 Å². The van der Waals surface area contributed by atoms with Crippen molar-refractivity contribution in [2.75, 3.05) is 24.6 Å². The van der Waals surface area contributed by atoms with Crippen molar-refractivity contribution in [1.29, 1.82) is 0 Å². The van der Waals surface area contributed by atoms with Crippen molar-refractivity contribution < 1.29 is 8.42 Å². The monoisotopic (exact) mass is 361 g/mol. The Bertz CT molecular complexity index is 502. The van der Waals surface area contributed by atoms with E-state index in [1.807, 2.05) is 12.1 Å². The minimum atomic E-state index is -2.88. The fourth-order valence-corrected chi connectivity index (χ4v) is 3.54. The standard InChI is InChI=1S/C15H24BrNO2S/c1-3-17-12-14(8-9-20(18,19)4-2)10-13-6-5-7-15(16)11-13/h5-7,11,14,17H,3-4,8-10,12H2,1-2H3. The van der Waals surface area contributed by atoms with Gasteiger partial charge in [-0.3, -0.25) is 0 Å². The summed E-state index contributed by atoms with van der Waals surface area (Å²) in [6.45, 7) is 5.56. The third-order valence-electron chi connectivity index (χ3n) is 3.37. The lowest BCUT2D eigenvalue weighted by Gasteiger charge is -2.17. The fraction of sp³-hybridized carbons (Fsp3) is 0.600. The number of sulfone groups is 1. The van der Waals surface area contributed by atoms with Crippen molar-refractivity contribution in [1.82, 2.24) is 5.32 Å². The van der Waals surface area contributed by atoms with Crippen LogP contribution in [-0.2, 0) is 16.3 Å². The quantitative estimate of drug-likeness (QED) is 0.735. The van der Waals surface area contributed by atoms with E-state index >= 15 is 0 Å². The van der Waals surface area contributed by atoms with E-state index in [1.54, 1.807) is 6.92 Å². The molecule has 1 unspecified atom stereocenters. The molecule has 5 heteroatoms. The normalized spacial score (nSPS) is 13.3. The first-order valence-corrected chi connectivity index (χ1v) is 9.74. The van der Waals surface area contributed by atoms with Gasteiger partial charge in [0.15, 0.2) is 0 Å². The molecule has 0 saturated carbocycles. The molecule has 0 aliphatic heterocycles. The predicted octanol–water partition coefficient (Wildman–Crippen LogP) is 3.04. The largest absolute Gasteiger partial charge is 0.317 e. The van der Waals surface area contributed by atoms with Gasteiger partial charge in [0.2, 0.25) is 0 Å². The Kier molecular flexibility index (Phi) is 7.77. The molecule has 0 radical (unpaired) electrons. The maximum absolute atomic E-state index is 11.7. The molecule has 0 heterocycles. The van der Waals surface area contributed by atoms with Gasteiger partial charge in [-0.25, -0.2) is 8.42 Å². The van der Waals surface area contributed by atoms with E-state index < -0.39 is 9.84 Å². The van der Waals surface area contributed by atoms with Gasteiger partial charge in [0.1, 0.15) is 9.84 Å². The molecule has 0 bridgehead atoms. The second-order valence-electron chi connectivity index (χ2n) is 5.03. The van der Waals surface area contributed by atoms with E-state index in [9.17, 15) is 8.42 Å². The highest BCUT2D eigenvalue weighted by molar-refractivity contribution is 9.10. The minimum absolute atomic E-state index is 0.234. The molecule has 0 spiro atoms. The van der Waals surface area contributed by atoms with Crippen LogP contribution in [0.4, 0.5) is 0 Å². The Hall–Kier alpha value is -0.390. The molecule has 3 nitrogen and oxygen atoms in total. The summed E-state index contributed by atoms with van der Waals surface area (Å²) in [6.07, 6.45) is 1.63. The lowest BCUT2D eigenvalue weighted by molar-refractivity contribution is 0.465. The van der Waals surface area contributed by atoms with Gasteiger partial charge in [-0.1, -0.05) is 41.9 Å². The van der Waals surface area contributed by atoms with Crippen molar-refractivity contribution in [3.8, 4) is 0 Å². The van der Waals surface area contributed by atoms with Crippen molar-refractivity contribution >= 4 is 25.8 Å². The first-order valence-electron chi connectivity index (χ1n) is 7.12. The molecule has 1 rings (SSSR count). The summed E-state index contributed by atoms with van der Waals surface area (Å²) in [5.41, 5.74) is 1.25. The number of halogens is 1. The third kappa shape index (κ3) is 6.86. The molecule has 1 N–H and O–H groups in total. The second-order valence-corrected chi connectivity index (χ2v) is 8.42. The number of hydrogen-bond acceptors (Lipinski definition) is 3. The Morgan fingerprint density at radius 3 is 2.65 bits per heavy atom. The minimum Gasteiger partial charge on any atom is -0.317 e. The average Bonchev–Trinajstić information content (AvgIpc) is 2.42. The zero-order chi connectivity index (χ0) is 15.0. The van der Waals surface area contributed by atoms with Crippen LogP contribution in [0.2, 0.25) is 0 Å². The molecule has 0 amide bonds. The molecule has 20 heavy (non-hydrogen) atoms. The highest BCUT2D eigenvalue weighted by Crippen LogP contribution is 2.17. The van der Waals surface area contributed by atoms with Crippen LogP contribution in [0.25, 0.3) is 0 Å². The van der Waals surface area contributed by atoms with Gasteiger partial charge >= 0.3 is 0 Å². The van der Waals surface area contributed by atoms with Crippen LogP contribution in [0.5, 0.6) is 0 Å². The van der Waals surface area contributed by atoms with Crippen molar-refractivity contribution in [3.05, 3.63) is 34.3 Å². The smallest absolute Gasteiger partial charge is 0.150 e. The van der Waals surface area contributed by atoms with Crippen molar-refractivity contribution in [2.24, 2.45) is 5.92 Å². The zero-order valence-electron chi connectivity index (χ0n) is 12.2. The van der Waals surface area contributed by atoms with Gasteiger partial charge in [-0.2, -0.15) is 0 Å². The summed E-state index contributed by atoms with van der Waals surface area (Å²) in [7, 11) is -2.88. The molecule has 0 fully saturated rings. The Morgan fingerprint density at radius 2 is 2.05 bits per heavy atom. The van der Waals surface area contributed by atoms with Gasteiger partial charge in [-0.15, -0.1) is 0 Å². The van der Waals surface area contributed by atoms with Crippen LogP contribution in [0.15, 0.2) is 28.7 Å². The third-order valence-corrected chi connectivity index (χ3v) is 5.60. The molecule has 0 saturated heterocycles. The molecule has 0 aliphatic carbocycles. The van der Waals surface area contributed by atoms with E-state index in [0.717, 1.165) is 30.4 Å². The SMILES string of the molecule is CCNCC(CCS(=O)(=O)CC)Cc1cccc(Br)c1. The van der Waals surface area contributed by atoms with E-state index in [2.05, 4.69) is 40.3 Å². The lowest BCUT2D eigenvalue weighted by atomic mass is 9.97. The number of rotatable bonds is 9. The van der Waals surface area contributed by atoms with Gasteiger partial charge in [0.05, 0.1) is 5.75 Å². The van der Waals surface area contributed by atoms with E-state index in [0.29, 0.717) is 5.92 Å². The number of hydrogen-bond donors (Lipinski definition) is 1. The molecule has 0 aromatic heterocycles. The van der Waals surface area contributed by atoms with Crippen LogP contribution in [0, 0.1) is 5.92 Å². The summed E-state index contributed by atoms with van der Waals surface area (Å²) in [6, 6.07) is 8.22. The fourth-order valence-electron chi connectivity index (χ4n) is 2.11. The maximum atomic E-state index is 11.7. The Balaban J connectivity index is 2.64. The van der Waals surface area contributed by atoms with Gasteiger partial charge in [0, 0.05) is 10.2 Å². The van der Waals surface area contributed by atoms with Crippen molar-refractivity contribution in [2.45, 2.75) is 26.7 Å². The molecular weight excluding hydrogens is 338 g/mol. The highest BCUT2D eigenvalue weighted by Gasteiger charge is 2.14. The summed E-state index contributed by atoms with van der Waals surface area (Å²) in [5.74, 6) is 0.872. The van der Waals surface area contributed by atoms with Crippen LogP contribution in [-0.4, -0.2) is 33.0 Å². The molecule has 114 valence electrons. The summed E-state index contributed by atoms with van der Waals surface area (Å²) in [5, 5.41) is 3.33. The number of nitrogens with one attached hydrogen (secondary N) is 1. The van der Waals surface area contributed by atoms with Crippen LogP contribution >= 0.6 is 15.9 Å². The van der Waals surface area contributed by atoms with Crippen LogP contribution in [0.1, 0.15) is 25.8 Å². The van der Waals surface area contributed by atoms with E-state index in [-0.39, 0.29) is 11.5 Å². The van der Waals surface area contributed by atoms with Gasteiger partial charge in [0.25, 0.3) is 0 Å².